The van der Waals surface area contributed by atoms with Crippen LogP contribution < -0.4 is 0 Å². The second-order valence-corrected chi connectivity index (χ2v) is 7.02. The molecule has 1 aliphatic rings. The number of hydrogen-bond acceptors (Lipinski definition) is 2. The van der Waals surface area contributed by atoms with E-state index in [1.807, 2.05) is 0 Å². The predicted octanol–water partition coefficient (Wildman–Crippen LogP) is 5.28. The Morgan fingerprint density at radius 3 is 2.48 bits per heavy atom. The lowest BCUT2D eigenvalue weighted by Gasteiger charge is -2.27. The molecule has 0 radical (unpaired) electrons. The second kappa shape index (κ2) is 6.03. The summed E-state index contributed by atoms with van der Waals surface area (Å²) in [5, 5.41) is 3.50. The first-order valence-electron chi connectivity index (χ1n) is 8.61. The Morgan fingerprint density at radius 2 is 1.85 bits per heavy atom. The summed E-state index contributed by atoms with van der Waals surface area (Å²) in [6.45, 7) is 0. The molecule has 1 aliphatic carbocycles. The summed E-state index contributed by atoms with van der Waals surface area (Å²) in [5.74, 6) is -2.58. The van der Waals surface area contributed by atoms with Gasteiger partial charge < -0.3 is 4.98 Å². The maximum absolute atomic E-state index is 13.4. The van der Waals surface area contributed by atoms with Crippen molar-refractivity contribution in [2.75, 3.05) is 0 Å². The Morgan fingerprint density at radius 1 is 1.15 bits per heavy atom. The number of aromatic amines is 1. The van der Waals surface area contributed by atoms with Crippen molar-refractivity contribution in [1.29, 1.82) is 0 Å². The van der Waals surface area contributed by atoms with E-state index in [2.05, 4.69) is 15.1 Å². The number of alkyl halides is 5. The molecule has 1 N–H and O–H groups in total. The molecule has 0 saturated heterocycles. The van der Waals surface area contributed by atoms with Crippen LogP contribution in [0.5, 0.6) is 0 Å². The molecule has 144 valence electrons. The molecule has 3 heterocycles. The van der Waals surface area contributed by atoms with Gasteiger partial charge in [0, 0.05) is 25.6 Å². The summed E-state index contributed by atoms with van der Waals surface area (Å²) in [6, 6.07) is 6.12. The molecular formula is C18H17F5N4. The second-order valence-electron chi connectivity index (χ2n) is 7.02. The maximum Gasteiger partial charge on any atom is 0.435 e. The molecule has 0 bridgehead atoms. The minimum atomic E-state index is -4.52. The fourth-order valence-electron chi connectivity index (χ4n) is 3.59. The molecule has 3 aromatic heterocycles. The number of nitrogens with zero attached hydrogens (tertiary/aromatic N) is 3. The number of rotatable bonds is 2. The molecule has 27 heavy (non-hydrogen) atoms. The Labute approximate surface area is 151 Å². The number of aromatic nitrogens is 4. The van der Waals surface area contributed by atoms with Crippen molar-refractivity contribution in [1.82, 2.24) is 19.7 Å². The number of nitrogens with one attached hydrogen (secondary N) is 1. The van der Waals surface area contributed by atoms with E-state index < -0.39 is 17.8 Å². The predicted molar refractivity (Wildman–Crippen MR) is 89.5 cm³/mol. The lowest BCUT2D eigenvalue weighted by Crippen LogP contribution is -2.23. The molecule has 9 heteroatoms. The van der Waals surface area contributed by atoms with Crippen LogP contribution in [0.1, 0.15) is 43.0 Å². The fraction of sp³-hybridized carbons (Fsp3) is 0.444. The maximum atomic E-state index is 13.4. The highest BCUT2D eigenvalue weighted by Gasteiger charge is 2.36. The van der Waals surface area contributed by atoms with Crippen LogP contribution in [-0.2, 0) is 13.2 Å². The summed E-state index contributed by atoms with van der Waals surface area (Å²) < 4.78 is 66.4. The van der Waals surface area contributed by atoms with Gasteiger partial charge >= 0.3 is 6.18 Å². The van der Waals surface area contributed by atoms with Gasteiger partial charge in [0.25, 0.3) is 0 Å². The van der Waals surface area contributed by atoms with Crippen LogP contribution in [0.3, 0.4) is 0 Å². The smallest absolute Gasteiger partial charge is 0.357 e. The molecular weight excluding hydrogens is 367 g/mol. The van der Waals surface area contributed by atoms with Crippen LogP contribution in [0.4, 0.5) is 22.0 Å². The number of fused-ring (bicyclic) bond motifs is 1. The Balaban J connectivity index is 1.65. The summed E-state index contributed by atoms with van der Waals surface area (Å²) in [4.78, 5) is 7.64. The number of pyridine rings is 1. The average molecular weight is 384 g/mol. The summed E-state index contributed by atoms with van der Waals surface area (Å²) >= 11 is 0. The van der Waals surface area contributed by atoms with Crippen LogP contribution in [0.25, 0.3) is 22.4 Å². The van der Waals surface area contributed by atoms with Crippen molar-refractivity contribution in [3.8, 4) is 11.4 Å². The fourth-order valence-corrected chi connectivity index (χ4v) is 3.59. The third-order valence-electron chi connectivity index (χ3n) is 5.09. The Hall–Kier alpha value is -2.45. The Kier molecular flexibility index (Phi) is 4.01. The van der Waals surface area contributed by atoms with E-state index in [0.29, 0.717) is 24.1 Å². The number of H-pyrrole nitrogens is 1. The monoisotopic (exact) mass is 384 g/mol. The van der Waals surface area contributed by atoms with E-state index >= 15 is 0 Å². The van der Waals surface area contributed by atoms with Crippen LogP contribution in [0.15, 0.2) is 24.3 Å². The van der Waals surface area contributed by atoms with Crippen molar-refractivity contribution in [3.05, 3.63) is 35.7 Å². The van der Waals surface area contributed by atoms with Gasteiger partial charge in [-0.15, -0.1) is 0 Å². The minimum absolute atomic E-state index is 0.0100. The van der Waals surface area contributed by atoms with E-state index in [9.17, 15) is 22.0 Å². The highest BCUT2D eigenvalue weighted by molar-refractivity contribution is 5.79. The van der Waals surface area contributed by atoms with Crippen molar-refractivity contribution in [3.63, 3.8) is 0 Å². The molecule has 0 atom stereocenters. The quantitative estimate of drug-likeness (QED) is 0.612. The normalized spacial score (nSPS) is 18.3. The summed E-state index contributed by atoms with van der Waals surface area (Å²) in [6.07, 6.45) is -4.01. The third-order valence-corrected chi connectivity index (χ3v) is 5.09. The molecule has 1 saturated carbocycles. The van der Waals surface area contributed by atoms with E-state index in [0.717, 1.165) is 22.0 Å². The van der Waals surface area contributed by atoms with Gasteiger partial charge in [0.15, 0.2) is 5.69 Å². The van der Waals surface area contributed by atoms with E-state index in [1.54, 1.807) is 18.2 Å². The van der Waals surface area contributed by atoms with Crippen LogP contribution in [-0.4, -0.2) is 25.7 Å². The van der Waals surface area contributed by atoms with Gasteiger partial charge in [-0.1, -0.05) is 0 Å². The number of halogens is 5. The topological polar surface area (TPSA) is 46.5 Å². The molecule has 0 aliphatic heterocycles. The van der Waals surface area contributed by atoms with Crippen molar-refractivity contribution in [2.24, 2.45) is 7.05 Å². The zero-order valence-electron chi connectivity index (χ0n) is 14.4. The molecule has 0 spiro atoms. The van der Waals surface area contributed by atoms with Crippen LogP contribution in [0.2, 0.25) is 0 Å². The van der Waals surface area contributed by atoms with E-state index in [-0.39, 0.29) is 24.5 Å². The van der Waals surface area contributed by atoms with Gasteiger partial charge in [-0.2, -0.15) is 18.3 Å². The zero-order chi connectivity index (χ0) is 19.4. The van der Waals surface area contributed by atoms with Gasteiger partial charge in [0.2, 0.25) is 5.92 Å². The van der Waals surface area contributed by atoms with Crippen molar-refractivity contribution in [2.45, 2.75) is 43.7 Å². The van der Waals surface area contributed by atoms with Gasteiger partial charge in [0.1, 0.15) is 0 Å². The van der Waals surface area contributed by atoms with Gasteiger partial charge in [-0.25, -0.2) is 13.8 Å². The average Bonchev–Trinajstić information content (AvgIpc) is 3.17. The standard InChI is InChI=1S/C18H17F5N4/c1-27-15(9-16(26-27)18(21,22)23)12-3-2-11-14(25-12)8-13(24-11)10-4-6-17(19,20)7-5-10/h2-3,8-10,24H,4-7H2,1H3. The number of hydrogen-bond donors (Lipinski definition) is 1. The van der Waals surface area contributed by atoms with Gasteiger partial charge in [-0.05, 0) is 43.0 Å². The first-order chi connectivity index (χ1) is 12.6. The zero-order valence-corrected chi connectivity index (χ0v) is 14.4. The molecule has 4 nitrogen and oxygen atoms in total. The molecule has 4 rings (SSSR count). The largest absolute Gasteiger partial charge is 0.435 e. The highest BCUT2D eigenvalue weighted by atomic mass is 19.4. The molecule has 1 fully saturated rings. The third kappa shape index (κ3) is 3.42. The van der Waals surface area contributed by atoms with E-state index in [1.165, 1.54) is 7.05 Å². The van der Waals surface area contributed by atoms with Gasteiger partial charge in [0.05, 0.1) is 22.4 Å². The molecule has 3 aromatic rings. The van der Waals surface area contributed by atoms with Gasteiger partial charge in [-0.3, -0.25) is 4.68 Å². The first-order valence-corrected chi connectivity index (χ1v) is 8.61. The SMILES string of the molecule is Cn1nc(C(F)(F)F)cc1-c1ccc2[nH]c(C3CCC(F)(F)CC3)cc2n1. The van der Waals surface area contributed by atoms with Crippen LogP contribution in [0, 0.1) is 0 Å². The van der Waals surface area contributed by atoms with Crippen LogP contribution >= 0.6 is 0 Å². The lowest BCUT2D eigenvalue weighted by atomic mass is 9.85. The van der Waals surface area contributed by atoms with E-state index in [4.69, 9.17) is 0 Å². The van der Waals surface area contributed by atoms with Crippen molar-refractivity contribution >= 4 is 11.0 Å². The first kappa shape index (κ1) is 17.9. The van der Waals surface area contributed by atoms with Crippen molar-refractivity contribution < 1.29 is 22.0 Å². The lowest BCUT2D eigenvalue weighted by molar-refractivity contribution is -0.141. The summed E-state index contributed by atoms with van der Waals surface area (Å²) in [7, 11) is 1.43. The minimum Gasteiger partial charge on any atom is -0.357 e. The number of aryl methyl sites for hydroxylation is 1. The molecule has 0 aromatic carbocycles. The summed E-state index contributed by atoms with van der Waals surface area (Å²) in [5.41, 5.74) is 1.81. The highest BCUT2D eigenvalue weighted by Crippen LogP contribution is 2.41. The molecule has 0 unspecified atom stereocenters. The molecule has 0 amide bonds. The Bertz CT molecular complexity index is 975.